The standard InChI is InChI=1S/C10H6Cl3NO2S/c11-10(12,13)17(15,16)9-6-5-7-3-1-2-4-8(7)14-9/h1-6H. The van der Waals surface area contributed by atoms with Crippen molar-refractivity contribution in [2.75, 3.05) is 0 Å². The number of aromatic nitrogens is 1. The van der Waals surface area contributed by atoms with E-state index in [1.165, 1.54) is 6.07 Å². The monoisotopic (exact) mass is 309 g/mol. The van der Waals surface area contributed by atoms with E-state index in [9.17, 15) is 8.42 Å². The lowest BCUT2D eigenvalue weighted by molar-refractivity contribution is 0.593. The van der Waals surface area contributed by atoms with E-state index in [-0.39, 0.29) is 5.03 Å². The zero-order valence-electron chi connectivity index (χ0n) is 8.27. The molecule has 3 nitrogen and oxygen atoms in total. The number of nitrogens with zero attached hydrogens (tertiary/aromatic N) is 1. The Morgan fingerprint density at radius 3 is 2.29 bits per heavy atom. The van der Waals surface area contributed by atoms with Crippen molar-refractivity contribution in [3.8, 4) is 0 Å². The average Bonchev–Trinajstić information content (AvgIpc) is 2.27. The van der Waals surface area contributed by atoms with Gasteiger partial charge in [0.25, 0.3) is 3.12 Å². The van der Waals surface area contributed by atoms with Gasteiger partial charge in [0.05, 0.1) is 5.52 Å². The number of hydrogen-bond donors (Lipinski definition) is 0. The summed E-state index contributed by atoms with van der Waals surface area (Å²) in [5.41, 5.74) is 0.530. The number of sulfone groups is 1. The van der Waals surface area contributed by atoms with E-state index >= 15 is 0 Å². The first-order valence-corrected chi connectivity index (χ1v) is 7.11. The first-order chi connectivity index (χ1) is 7.82. The zero-order chi connectivity index (χ0) is 12.7. The van der Waals surface area contributed by atoms with Crippen molar-refractivity contribution in [1.82, 2.24) is 4.98 Å². The van der Waals surface area contributed by atoms with Gasteiger partial charge in [-0.2, -0.15) is 0 Å². The maximum Gasteiger partial charge on any atom is 0.298 e. The van der Waals surface area contributed by atoms with Crippen molar-refractivity contribution < 1.29 is 8.42 Å². The van der Waals surface area contributed by atoms with Crippen molar-refractivity contribution in [1.29, 1.82) is 0 Å². The highest BCUT2D eigenvalue weighted by molar-refractivity contribution is 7.97. The minimum absolute atomic E-state index is 0.254. The molecule has 0 fully saturated rings. The fraction of sp³-hybridized carbons (Fsp3) is 0.100. The van der Waals surface area contributed by atoms with Gasteiger partial charge in [0.1, 0.15) is 0 Å². The molecule has 1 heterocycles. The molecule has 17 heavy (non-hydrogen) atoms. The Morgan fingerprint density at radius 1 is 1.00 bits per heavy atom. The largest absolute Gasteiger partial charge is 0.298 e. The summed E-state index contributed by atoms with van der Waals surface area (Å²) in [7, 11) is -4.08. The van der Waals surface area contributed by atoms with Gasteiger partial charge in [0.2, 0.25) is 9.84 Å². The molecule has 0 unspecified atom stereocenters. The summed E-state index contributed by atoms with van der Waals surface area (Å²) in [6.45, 7) is 0. The number of rotatable bonds is 1. The van der Waals surface area contributed by atoms with E-state index in [4.69, 9.17) is 34.8 Å². The van der Waals surface area contributed by atoms with Gasteiger partial charge < -0.3 is 0 Å². The lowest BCUT2D eigenvalue weighted by Crippen LogP contribution is -2.20. The molecule has 0 aliphatic carbocycles. The Kier molecular flexibility index (Phi) is 3.25. The molecule has 0 aliphatic rings. The number of halogens is 3. The maximum absolute atomic E-state index is 11.8. The molecule has 0 aliphatic heterocycles. The molecule has 0 atom stereocenters. The lowest BCUT2D eigenvalue weighted by atomic mass is 10.2. The molecule has 0 saturated heterocycles. The van der Waals surface area contributed by atoms with Gasteiger partial charge in [-0.05, 0) is 18.2 Å². The average molecular weight is 311 g/mol. The number of hydrogen-bond acceptors (Lipinski definition) is 3. The maximum atomic E-state index is 11.8. The summed E-state index contributed by atoms with van der Waals surface area (Å²) in [6.07, 6.45) is 0. The quantitative estimate of drug-likeness (QED) is 0.759. The minimum Gasteiger partial charge on any atom is -0.236 e. The lowest BCUT2D eigenvalue weighted by Gasteiger charge is -2.11. The third-order valence-electron chi connectivity index (χ3n) is 2.15. The van der Waals surface area contributed by atoms with Crippen LogP contribution in [0.4, 0.5) is 0 Å². The third-order valence-corrected chi connectivity index (χ3v) is 5.37. The van der Waals surface area contributed by atoms with Crippen LogP contribution in [-0.2, 0) is 9.84 Å². The number of alkyl halides is 3. The molecular formula is C10H6Cl3NO2S. The molecule has 0 amide bonds. The Hall–Kier alpha value is -0.550. The van der Waals surface area contributed by atoms with Crippen LogP contribution in [0.3, 0.4) is 0 Å². The predicted molar refractivity (Wildman–Crippen MR) is 69.2 cm³/mol. The predicted octanol–water partition coefficient (Wildman–Crippen LogP) is 3.34. The highest BCUT2D eigenvalue weighted by Crippen LogP contribution is 2.37. The highest BCUT2D eigenvalue weighted by atomic mass is 35.6. The van der Waals surface area contributed by atoms with E-state index in [2.05, 4.69) is 4.98 Å². The summed E-state index contributed by atoms with van der Waals surface area (Å²) >= 11 is 16.2. The van der Waals surface area contributed by atoms with Crippen LogP contribution in [0.1, 0.15) is 0 Å². The van der Waals surface area contributed by atoms with E-state index < -0.39 is 13.0 Å². The smallest absolute Gasteiger partial charge is 0.236 e. The van der Waals surface area contributed by atoms with Crippen molar-refractivity contribution in [2.24, 2.45) is 0 Å². The van der Waals surface area contributed by atoms with Crippen LogP contribution in [0.5, 0.6) is 0 Å². The van der Waals surface area contributed by atoms with E-state index in [1.807, 2.05) is 12.1 Å². The van der Waals surface area contributed by atoms with Crippen molar-refractivity contribution in [2.45, 2.75) is 8.15 Å². The van der Waals surface area contributed by atoms with Gasteiger partial charge >= 0.3 is 0 Å². The van der Waals surface area contributed by atoms with Crippen molar-refractivity contribution in [3.05, 3.63) is 36.4 Å². The molecule has 0 saturated carbocycles. The molecule has 2 aromatic rings. The molecule has 2 rings (SSSR count). The van der Waals surface area contributed by atoms with Crippen LogP contribution in [0, 0.1) is 0 Å². The second-order valence-corrected chi connectivity index (χ2v) is 8.28. The number of fused-ring (bicyclic) bond motifs is 1. The van der Waals surface area contributed by atoms with E-state index in [0.29, 0.717) is 5.52 Å². The zero-order valence-corrected chi connectivity index (χ0v) is 11.4. The van der Waals surface area contributed by atoms with Crippen molar-refractivity contribution in [3.63, 3.8) is 0 Å². The van der Waals surface area contributed by atoms with Gasteiger partial charge in [0, 0.05) is 5.39 Å². The molecule has 1 aromatic heterocycles. The molecule has 7 heteroatoms. The van der Waals surface area contributed by atoms with Crippen LogP contribution >= 0.6 is 34.8 Å². The van der Waals surface area contributed by atoms with Gasteiger partial charge in [-0.15, -0.1) is 0 Å². The number of benzene rings is 1. The van der Waals surface area contributed by atoms with E-state index in [1.54, 1.807) is 18.2 Å². The summed E-state index contributed by atoms with van der Waals surface area (Å²) < 4.78 is 21.3. The fourth-order valence-electron chi connectivity index (χ4n) is 1.32. The number of pyridine rings is 1. The van der Waals surface area contributed by atoms with Gasteiger partial charge in [-0.3, -0.25) is 0 Å². The van der Waals surface area contributed by atoms with Crippen LogP contribution in [0.25, 0.3) is 10.9 Å². The second-order valence-electron chi connectivity index (χ2n) is 3.29. The third kappa shape index (κ3) is 2.36. The molecule has 1 aromatic carbocycles. The SMILES string of the molecule is O=S(=O)(c1ccc2ccccc2n1)C(Cl)(Cl)Cl. The summed E-state index contributed by atoms with van der Waals surface area (Å²) in [5.74, 6) is 0. The Morgan fingerprint density at radius 2 is 1.65 bits per heavy atom. The van der Waals surface area contributed by atoms with Crippen LogP contribution in [0.15, 0.2) is 41.4 Å². The van der Waals surface area contributed by atoms with Gasteiger partial charge in [0.15, 0.2) is 5.03 Å². The Bertz CT molecular complexity index is 665. The molecule has 0 N–H and O–H groups in total. The Balaban J connectivity index is 2.66. The second kappa shape index (κ2) is 4.28. The van der Waals surface area contributed by atoms with Crippen LogP contribution in [-0.4, -0.2) is 16.5 Å². The first kappa shape index (κ1) is 12.9. The van der Waals surface area contributed by atoms with Crippen LogP contribution in [0.2, 0.25) is 0 Å². The molecular weight excluding hydrogens is 305 g/mol. The summed E-state index contributed by atoms with van der Waals surface area (Å²) in [5, 5.41) is 0.562. The minimum atomic E-state index is -4.08. The topological polar surface area (TPSA) is 47.0 Å². The highest BCUT2D eigenvalue weighted by Gasteiger charge is 2.40. The van der Waals surface area contributed by atoms with Gasteiger partial charge in [-0.1, -0.05) is 53.0 Å². The summed E-state index contributed by atoms with van der Waals surface area (Å²) in [6, 6.07) is 10.0. The number of para-hydroxylation sites is 1. The van der Waals surface area contributed by atoms with Gasteiger partial charge in [-0.25, -0.2) is 13.4 Å². The molecule has 0 radical (unpaired) electrons. The first-order valence-electron chi connectivity index (χ1n) is 4.49. The Labute approximate surface area is 113 Å². The molecule has 0 spiro atoms. The van der Waals surface area contributed by atoms with Crippen LogP contribution < -0.4 is 0 Å². The fourth-order valence-corrected chi connectivity index (χ4v) is 2.73. The summed E-state index contributed by atoms with van der Waals surface area (Å²) in [4.78, 5) is 3.97. The van der Waals surface area contributed by atoms with E-state index in [0.717, 1.165) is 5.39 Å². The normalized spacial score (nSPS) is 12.9. The molecule has 90 valence electrons. The molecule has 0 bridgehead atoms. The van der Waals surface area contributed by atoms with Crippen molar-refractivity contribution >= 4 is 55.5 Å².